The van der Waals surface area contributed by atoms with Gasteiger partial charge >= 0.3 is 5.97 Å². The van der Waals surface area contributed by atoms with Gasteiger partial charge in [-0.3, -0.25) is 14.5 Å². The van der Waals surface area contributed by atoms with Crippen molar-refractivity contribution in [1.82, 2.24) is 4.90 Å². The SMILES string of the molecule is CCOc1cc(/C=C2/C(=O)N(c3ccc(Cl)cc3)C(=S)N2CC(=O)OC)cc(I)c1OC. The van der Waals surface area contributed by atoms with Crippen molar-refractivity contribution in [2.75, 3.05) is 32.3 Å². The van der Waals surface area contributed by atoms with Gasteiger partial charge in [0.25, 0.3) is 5.91 Å². The van der Waals surface area contributed by atoms with Crippen LogP contribution in [-0.2, 0) is 14.3 Å². The zero-order chi connectivity index (χ0) is 23.4. The Morgan fingerprint density at radius 3 is 2.50 bits per heavy atom. The fourth-order valence-electron chi connectivity index (χ4n) is 3.13. The third-order valence-electron chi connectivity index (χ3n) is 4.57. The smallest absolute Gasteiger partial charge is 0.325 e. The van der Waals surface area contributed by atoms with Crippen LogP contribution in [0.2, 0.25) is 5.02 Å². The third-order valence-corrected chi connectivity index (χ3v) is 6.03. The number of benzene rings is 2. The largest absolute Gasteiger partial charge is 0.492 e. The maximum Gasteiger partial charge on any atom is 0.325 e. The number of ether oxygens (including phenoxy) is 3. The molecule has 0 radical (unpaired) electrons. The van der Waals surface area contributed by atoms with Gasteiger partial charge in [0.2, 0.25) is 0 Å². The summed E-state index contributed by atoms with van der Waals surface area (Å²) in [6.45, 7) is 2.12. The van der Waals surface area contributed by atoms with Gasteiger partial charge < -0.3 is 19.1 Å². The van der Waals surface area contributed by atoms with E-state index in [4.69, 9.17) is 38.0 Å². The minimum Gasteiger partial charge on any atom is -0.492 e. The van der Waals surface area contributed by atoms with Crippen LogP contribution in [0.3, 0.4) is 0 Å². The number of amides is 1. The number of esters is 1. The first kappa shape index (κ1) is 24.3. The Bertz CT molecular complexity index is 1090. The van der Waals surface area contributed by atoms with Crippen LogP contribution in [0.25, 0.3) is 6.08 Å². The number of anilines is 1. The molecule has 2 aromatic rings. The number of carbonyl (C=O) groups is 2. The fourth-order valence-corrected chi connectivity index (χ4v) is 4.46. The Kier molecular flexibility index (Phi) is 7.96. The van der Waals surface area contributed by atoms with Crippen LogP contribution in [0.5, 0.6) is 11.5 Å². The van der Waals surface area contributed by atoms with Crippen molar-refractivity contribution in [3.63, 3.8) is 0 Å². The van der Waals surface area contributed by atoms with Crippen LogP contribution in [0, 0.1) is 3.57 Å². The lowest BCUT2D eigenvalue weighted by atomic mass is 10.1. The van der Waals surface area contributed by atoms with E-state index in [2.05, 4.69) is 22.6 Å². The van der Waals surface area contributed by atoms with Gasteiger partial charge in [-0.1, -0.05) is 11.6 Å². The van der Waals surface area contributed by atoms with E-state index in [0.717, 1.165) is 3.57 Å². The highest BCUT2D eigenvalue weighted by atomic mass is 127. The van der Waals surface area contributed by atoms with Crippen molar-refractivity contribution in [2.45, 2.75) is 6.92 Å². The van der Waals surface area contributed by atoms with Gasteiger partial charge in [-0.25, -0.2) is 0 Å². The van der Waals surface area contributed by atoms with Crippen molar-refractivity contribution >= 4 is 75.2 Å². The molecule has 10 heteroatoms. The quantitative estimate of drug-likeness (QED) is 0.205. The van der Waals surface area contributed by atoms with Gasteiger partial charge in [0.1, 0.15) is 12.2 Å². The zero-order valence-electron chi connectivity index (χ0n) is 17.6. The summed E-state index contributed by atoms with van der Waals surface area (Å²) in [5.74, 6) is 0.265. The number of hydrogen-bond acceptors (Lipinski definition) is 6. The molecule has 7 nitrogen and oxygen atoms in total. The number of thiocarbonyl (C=S) groups is 1. The van der Waals surface area contributed by atoms with Crippen molar-refractivity contribution in [1.29, 1.82) is 0 Å². The summed E-state index contributed by atoms with van der Waals surface area (Å²) in [6, 6.07) is 10.3. The minimum absolute atomic E-state index is 0.169. The molecule has 1 aliphatic heterocycles. The predicted molar refractivity (Wildman–Crippen MR) is 135 cm³/mol. The van der Waals surface area contributed by atoms with Crippen molar-refractivity contribution in [2.24, 2.45) is 0 Å². The average molecular weight is 587 g/mol. The monoisotopic (exact) mass is 586 g/mol. The van der Waals surface area contributed by atoms with Crippen molar-refractivity contribution in [3.05, 3.63) is 56.3 Å². The molecule has 1 heterocycles. The lowest BCUT2D eigenvalue weighted by Gasteiger charge is -2.19. The minimum atomic E-state index is -0.525. The maximum atomic E-state index is 13.4. The summed E-state index contributed by atoms with van der Waals surface area (Å²) in [6.07, 6.45) is 1.66. The Labute approximate surface area is 210 Å². The molecular formula is C22H20ClIN2O5S. The fraction of sp³-hybridized carbons (Fsp3) is 0.227. The molecule has 0 unspecified atom stereocenters. The molecule has 1 saturated heterocycles. The molecule has 0 atom stereocenters. The number of hydrogen-bond donors (Lipinski definition) is 0. The summed E-state index contributed by atoms with van der Waals surface area (Å²) >= 11 is 13.7. The van der Waals surface area contributed by atoms with Crippen LogP contribution in [0.1, 0.15) is 12.5 Å². The number of rotatable bonds is 7. The van der Waals surface area contributed by atoms with Gasteiger partial charge in [-0.15, -0.1) is 0 Å². The van der Waals surface area contributed by atoms with E-state index in [0.29, 0.717) is 34.4 Å². The molecule has 1 aliphatic rings. The number of carbonyl (C=O) groups excluding carboxylic acids is 2. The van der Waals surface area contributed by atoms with E-state index in [1.165, 1.54) is 16.9 Å². The van der Waals surface area contributed by atoms with E-state index < -0.39 is 5.97 Å². The number of methoxy groups -OCH3 is 2. The van der Waals surface area contributed by atoms with E-state index in [1.54, 1.807) is 43.5 Å². The Hall–Kier alpha value is -2.37. The van der Waals surface area contributed by atoms with Gasteiger partial charge in [-0.2, -0.15) is 0 Å². The molecule has 168 valence electrons. The molecule has 0 saturated carbocycles. The molecule has 0 aromatic heterocycles. The van der Waals surface area contributed by atoms with Crippen LogP contribution < -0.4 is 14.4 Å². The van der Waals surface area contributed by atoms with Crippen molar-refractivity contribution < 1.29 is 23.8 Å². The van der Waals surface area contributed by atoms with E-state index in [9.17, 15) is 9.59 Å². The normalized spacial score (nSPS) is 14.8. The average Bonchev–Trinajstić information content (AvgIpc) is 2.98. The Balaban J connectivity index is 2.09. The highest BCUT2D eigenvalue weighted by molar-refractivity contribution is 14.1. The van der Waals surface area contributed by atoms with Gasteiger partial charge in [0.15, 0.2) is 16.6 Å². The second kappa shape index (κ2) is 10.5. The molecule has 1 fully saturated rings. The second-order valence-electron chi connectivity index (χ2n) is 6.56. The second-order valence-corrected chi connectivity index (χ2v) is 8.52. The molecular weight excluding hydrogens is 567 g/mol. The van der Waals surface area contributed by atoms with Crippen LogP contribution >= 0.6 is 46.4 Å². The summed E-state index contributed by atoms with van der Waals surface area (Å²) < 4.78 is 16.7. The Morgan fingerprint density at radius 2 is 1.91 bits per heavy atom. The molecule has 0 spiro atoms. The van der Waals surface area contributed by atoms with E-state index >= 15 is 0 Å². The van der Waals surface area contributed by atoms with Gasteiger partial charge in [0.05, 0.1) is 30.1 Å². The lowest BCUT2D eigenvalue weighted by Crippen LogP contribution is -2.35. The zero-order valence-corrected chi connectivity index (χ0v) is 21.3. The van der Waals surface area contributed by atoms with Gasteiger partial charge in [-0.05, 0) is 89.8 Å². The molecule has 0 aliphatic carbocycles. The summed E-state index contributed by atoms with van der Waals surface area (Å²) in [5, 5.41) is 0.701. The maximum absolute atomic E-state index is 13.4. The summed E-state index contributed by atoms with van der Waals surface area (Å²) in [7, 11) is 2.85. The first-order valence-corrected chi connectivity index (χ1v) is 11.4. The lowest BCUT2D eigenvalue weighted by molar-refractivity contribution is -0.140. The van der Waals surface area contributed by atoms with Crippen LogP contribution in [0.4, 0.5) is 5.69 Å². The van der Waals surface area contributed by atoms with Crippen LogP contribution in [0.15, 0.2) is 42.1 Å². The molecule has 0 bridgehead atoms. The summed E-state index contributed by atoms with van der Waals surface area (Å²) in [4.78, 5) is 28.3. The number of halogens is 2. The topological polar surface area (TPSA) is 68.3 Å². The van der Waals surface area contributed by atoms with E-state index in [1.807, 2.05) is 13.0 Å². The Morgan fingerprint density at radius 1 is 1.22 bits per heavy atom. The number of nitrogens with zero attached hydrogens (tertiary/aromatic N) is 2. The third kappa shape index (κ3) is 5.00. The standard InChI is InChI=1S/C22H20ClIN2O5S/c1-4-31-18-11-13(9-16(24)20(18)30-3)10-17-21(28)26(15-7-5-14(23)6-8-15)22(32)25(17)12-19(27)29-2/h5-11H,4,12H2,1-3H3/b17-10-. The molecule has 3 rings (SSSR count). The first-order valence-electron chi connectivity index (χ1n) is 9.51. The van der Waals surface area contributed by atoms with E-state index in [-0.39, 0.29) is 23.3 Å². The highest BCUT2D eigenvalue weighted by Crippen LogP contribution is 2.36. The highest BCUT2D eigenvalue weighted by Gasteiger charge is 2.40. The van der Waals surface area contributed by atoms with Crippen molar-refractivity contribution in [3.8, 4) is 11.5 Å². The molecule has 0 N–H and O–H groups in total. The molecule has 1 amide bonds. The van der Waals surface area contributed by atoms with Crippen LogP contribution in [-0.4, -0.2) is 49.3 Å². The predicted octanol–water partition coefficient (Wildman–Crippen LogP) is 4.50. The summed E-state index contributed by atoms with van der Waals surface area (Å²) in [5.41, 5.74) is 1.47. The first-order chi connectivity index (χ1) is 15.3. The molecule has 2 aromatic carbocycles. The molecule has 32 heavy (non-hydrogen) atoms. The van der Waals surface area contributed by atoms with Gasteiger partial charge in [0, 0.05) is 5.02 Å².